The van der Waals surface area contributed by atoms with Crippen LogP contribution < -0.4 is 0 Å². The van der Waals surface area contributed by atoms with E-state index in [2.05, 4.69) is 24.1 Å². The quantitative estimate of drug-likeness (QED) is 0.535. The summed E-state index contributed by atoms with van der Waals surface area (Å²) in [5.74, 6) is 0. The van der Waals surface area contributed by atoms with E-state index in [0.717, 1.165) is 0 Å². The summed E-state index contributed by atoms with van der Waals surface area (Å²) < 4.78 is 2.06. The van der Waals surface area contributed by atoms with Crippen molar-refractivity contribution in [3.05, 3.63) is 30.1 Å². The predicted molar refractivity (Wildman–Crippen MR) is 40.2 cm³/mol. The highest BCUT2D eigenvalue weighted by Gasteiger charge is 1.94. The van der Waals surface area contributed by atoms with Gasteiger partial charge in [-0.3, -0.25) is 0 Å². The minimum Gasteiger partial charge on any atom is -0.351 e. The van der Waals surface area contributed by atoms with Gasteiger partial charge in [0.2, 0.25) is 0 Å². The second-order valence-electron chi connectivity index (χ2n) is 2.20. The molecule has 0 aliphatic heterocycles. The van der Waals surface area contributed by atoms with Crippen molar-refractivity contribution in [1.29, 1.82) is 0 Å². The van der Waals surface area contributed by atoms with Crippen molar-refractivity contribution in [1.82, 2.24) is 4.57 Å². The SMILES string of the molecule is C=Cc1c(C)ccn1C. The van der Waals surface area contributed by atoms with Gasteiger partial charge in [0, 0.05) is 18.9 Å². The second-order valence-corrected chi connectivity index (χ2v) is 2.20. The molecule has 0 saturated heterocycles. The summed E-state index contributed by atoms with van der Waals surface area (Å²) in [7, 11) is 2.02. The Morgan fingerprint density at radius 3 is 2.56 bits per heavy atom. The predicted octanol–water partition coefficient (Wildman–Crippen LogP) is 1.98. The zero-order valence-corrected chi connectivity index (χ0v) is 5.89. The average Bonchev–Trinajstić information content (AvgIpc) is 2.12. The summed E-state index contributed by atoms with van der Waals surface area (Å²) in [6.07, 6.45) is 3.90. The van der Waals surface area contributed by atoms with Gasteiger partial charge in [-0.1, -0.05) is 6.58 Å². The molecule has 9 heavy (non-hydrogen) atoms. The number of hydrogen-bond acceptors (Lipinski definition) is 0. The Hall–Kier alpha value is -0.980. The van der Waals surface area contributed by atoms with E-state index in [1.807, 2.05) is 19.3 Å². The van der Waals surface area contributed by atoms with Crippen LogP contribution in [0.3, 0.4) is 0 Å². The molecule has 48 valence electrons. The summed E-state index contributed by atoms with van der Waals surface area (Å²) in [5.41, 5.74) is 2.49. The van der Waals surface area contributed by atoms with Gasteiger partial charge in [-0.05, 0) is 24.6 Å². The van der Waals surface area contributed by atoms with Crippen LogP contribution in [0.4, 0.5) is 0 Å². The molecule has 0 atom stereocenters. The van der Waals surface area contributed by atoms with E-state index < -0.39 is 0 Å². The van der Waals surface area contributed by atoms with Crippen molar-refractivity contribution < 1.29 is 0 Å². The first-order valence-electron chi connectivity index (χ1n) is 3.00. The highest BCUT2D eigenvalue weighted by molar-refractivity contribution is 5.47. The molecule has 0 aliphatic carbocycles. The lowest BCUT2D eigenvalue weighted by atomic mass is 10.3. The molecule has 0 aliphatic rings. The van der Waals surface area contributed by atoms with Gasteiger partial charge in [0.1, 0.15) is 0 Å². The van der Waals surface area contributed by atoms with Crippen LogP contribution >= 0.6 is 0 Å². The van der Waals surface area contributed by atoms with Gasteiger partial charge >= 0.3 is 0 Å². The van der Waals surface area contributed by atoms with Crippen LogP contribution in [0.2, 0.25) is 0 Å². The molecule has 1 heterocycles. The standard InChI is InChI=1S/C8H11N/c1-4-8-7(2)5-6-9(8)3/h4-6H,1H2,2-3H3. The topological polar surface area (TPSA) is 4.93 Å². The van der Waals surface area contributed by atoms with Crippen molar-refractivity contribution in [2.75, 3.05) is 0 Å². The summed E-state index contributed by atoms with van der Waals surface area (Å²) >= 11 is 0. The molecule has 0 unspecified atom stereocenters. The molecular weight excluding hydrogens is 110 g/mol. The minimum atomic E-state index is 1.20. The first-order valence-corrected chi connectivity index (χ1v) is 3.00. The zero-order valence-electron chi connectivity index (χ0n) is 5.89. The van der Waals surface area contributed by atoms with Gasteiger partial charge < -0.3 is 4.57 Å². The summed E-state index contributed by atoms with van der Waals surface area (Å²) in [6, 6.07) is 2.08. The van der Waals surface area contributed by atoms with Crippen LogP contribution in [0.1, 0.15) is 11.3 Å². The third-order valence-electron chi connectivity index (χ3n) is 1.53. The second kappa shape index (κ2) is 2.09. The minimum absolute atomic E-state index is 1.20. The van der Waals surface area contributed by atoms with Crippen LogP contribution in [0.25, 0.3) is 6.08 Å². The lowest BCUT2D eigenvalue weighted by Crippen LogP contribution is -1.87. The van der Waals surface area contributed by atoms with Crippen molar-refractivity contribution in [2.45, 2.75) is 6.92 Å². The highest BCUT2D eigenvalue weighted by Crippen LogP contribution is 2.08. The lowest BCUT2D eigenvalue weighted by molar-refractivity contribution is 0.911. The van der Waals surface area contributed by atoms with Crippen LogP contribution in [-0.2, 0) is 7.05 Å². The van der Waals surface area contributed by atoms with Crippen molar-refractivity contribution in [3.63, 3.8) is 0 Å². The highest BCUT2D eigenvalue weighted by atomic mass is 14.9. The van der Waals surface area contributed by atoms with E-state index in [-0.39, 0.29) is 0 Å². The monoisotopic (exact) mass is 121 g/mol. The van der Waals surface area contributed by atoms with Gasteiger partial charge in [-0.15, -0.1) is 0 Å². The van der Waals surface area contributed by atoms with Crippen molar-refractivity contribution >= 4 is 6.08 Å². The average molecular weight is 121 g/mol. The lowest BCUT2D eigenvalue weighted by Gasteiger charge is -1.95. The Kier molecular flexibility index (Phi) is 1.43. The molecule has 0 aromatic carbocycles. The van der Waals surface area contributed by atoms with Crippen LogP contribution in [0.5, 0.6) is 0 Å². The van der Waals surface area contributed by atoms with Crippen molar-refractivity contribution in [2.24, 2.45) is 7.05 Å². The van der Waals surface area contributed by atoms with E-state index >= 15 is 0 Å². The Morgan fingerprint density at radius 1 is 1.67 bits per heavy atom. The third-order valence-corrected chi connectivity index (χ3v) is 1.53. The first-order chi connectivity index (χ1) is 4.25. The smallest absolute Gasteiger partial charge is 0.0427 e. The molecule has 1 nitrogen and oxygen atoms in total. The fourth-order valence-corrected chi connectivity index (χ4v) is 0.972. The summed E-state index contributed by atoms with van der Waals surface area (Å²) in [5, 5.41) is 0. The number of hydrogen-bond donors (Lipinski definition) is 0. The zero-order chi connectivity index (χ0) is 6.85. The van der Waals surface area contributed by atoms with Gasteiger partial charge in [0.05, 0.1) is 0 Å². The number of nitrogens with zero attached hydrogens (tertiary/aromatic N) is 1. The molecule has 0 amide bonds. The van der Waals surface area contributed by atoms with Crippen LogP contribution in [0.15, 0.2) is 18.8 Å². The first kappa shape index (κ1) is 6.14. The van der Waals surface area contributed by atoms with Gasteiger partial charge in [0.25, 0.3) is 0 Å². The van der Waals surface area contributed by atoms with Gasteiger partial charge in [-0.2, -0.15) is 0 Å². The molecule has 1 rings (SSSR count). The summed E-state index contributed by atoms with van der Waals surface area (Å²) in [6.45, 7) is 5.78. The maximum absolute atomic E-state index is 3.70. The van der Waals surface area contributed by atoms with E-state index in [4.69, 9.17) is 0 Å². The van der Waals surface area contributed by atoms with E-state index in [0.29, 0.717) is 0 Å². The molecule has 1 heteroatoms. The molecule has 0 spiro atoms. The maximum Gasteiger partial charge on any atom is 0.0427 e. The Morgan fingerprint density at radius 2 is 2.33 bits per heavy atom. The van der Waals surface area contributed by atoms with E-state index in [1.165, 1.54) is 11.3 Å². The molecule has 1 aromatic rings. The Labute approximate surface area is 55.6 Å². The van der Waals surface area contributed by atoms with Crippen molar-refractivity contribution in [3.8, 4) is 0 Å². The third kappa shape index (κ3) is 0.900. The molecule has 0 radical (unpaired) electrons. The van der Waals surface area contributed by atoms with Crippen LogP contribution in [-0.4, -0.2) is 4.57 Å². The van der Waals surface area contributed by atoms with E-state index in [9.17, 15) is 0 Å². The molecular formula is C8H11N. The molecule has 0 fully saturated rings. The van der Waals surface area contributed by atoms with Crippen LogP contribution in [0, 0.1) is 6.92 Å². The number of aryl methyl sites for hydroxylation is 2. The van der Waals surface area contributed by atoms with Gasteiger partial charge in [-0.25, -0.2) is 0 Å². The number of aromatic nitrogens is 1. The maximum atomic E-state index is 3.70. The fourth-order valence-electron chi connectivity index (χ4n) is 0.972. The molecule has 0 bridgehead atoms. The normalized spacial score (nSPS) is 9.56. The molecule has 1 aromatic heterocycles. The Balaban J connectivity index is 3.22. The van der Waals surface area contributed by atoms with Gasteiger partial charge in [0.15, 0.2) is 0 Å². The largest absolute Gasteiger partial charge is 0.351 e. The summed E-state index contributed by atoms with van der Waals surface area (Å²) in [4.78, 5) is 0. The molecule has 0 N–H and O–H groups in total. The Bertz CT molecular complexity index is 201. The van der Waals surface area contributed by atoms with E-state index in [1.54, 1.807) is 0 Å². The number of rotatable bonds is 1. The fraction of sp³-hybridized carbons (Fsp3) is 0.250. The molecule has 0 saturated carbocycles.